The zero-order chi connectivity index (χ0) is 22.0. The molecule has 0 bridgehead atoms. The molecule has 0 atom stereocenters. The minimum absolute atomic E-state index is 0.0264. The molecule has 1 N–H and O–H groups in total. The van der Waals surface area contributed by atoms with Crippen molar-refractivity contribution in [1.29, 1.82) is 0 Å². The number of benzene rings is 2. The van der Waals surface area contributed by atoms with Crippen molar-refractivity contribution < 1.29 is 17.9 Å². The summed E-state index contributed by atoms with van der Waals surface area (Å²) in [7, 11) is 1.63. The van der Waals surface area contributed by atoms with Crippen molar-refractivity contribution >= 4 is 34.1 Å². The van der Waals surface area contributed by atoms with Gasteiger partial charge in [-0.15, -0.1) is 0 Å². The van der Waals surface area contributed by atoms with E-state index in [0.717, 1.165) is 40.7 Å². The van der Waals surface area contributed by atoms with Gasteiger partial charge in [-0.05, 0) is 30.7 Å². The number of allylic oxidation sites excluding steroid dienone is 1. The average molecular weight is 446 g/mol. The van der Waals surface area contributed by atoms with Crippen LogP contribution in [0.3, 0.4) is 0 Å². The first-order valence-corrected chi connectivity index (χ1v) is 11.1. The molecular formula is C23H22F3N3OS. The van der Waals surface area contributed by atoms with Gasteiger partial charge in [-0.3, -0.25) is 0 Å². The monoisotopic (exact) mass is 445 g/mol. The molecule has 0 spiro atoms. The van der Waals surface area contributed by atoms with Crippen LogP contribution in [-0.4, -0.2) is 28.6 Å². The standard InChI is InChI=1S/C23H22F3N3OS/c1-13-28-19-11-20(30-2)17(14-6-8-31-9-7-14)10-18(19)23(29-13)27-12-15-4-3-5-16(21(15)24)22(25)26/h3-6,10-11,22H,7-9,12H2,1-2H3,(H,27,28,29). The molecule has 162 valence electrons. The van der Waals surface area contributed by atoms with Crippen LogP contribution < -0.4 is 10.1 Å². The van der Waals surface area contributed by atoms with Gasteiger partial charge in [-0.25, -0.2) is 23.1 Å². The molecule has 4 nitrogen and oxygen atoms in total. The van der Waals surface area contributed by atoms with Crippen molar-refractivity contribution in [2.24, 2.45) is 0 Å². The zero-order valence-corrected chi connectivity index (χ0v) is 18.0. The van der Waals surface area contributed by atoms with Gasteiger partial charge in [0.2, 0.25) is 0 Å². The van der Waals surface area contributed by atoms with Crippen molar-refractivity contribution in [2.75, 3.05) is 23.9 Å². The lowest BCUT2D eigenvalue weighted by Gasteiger charge is -2.18. The molecule has 1 aliphatic rings. The molecule has 2 heterocycles. The van der Waals surface area contributed by atoms with E-state index in [-0.39, 0.29) is 12.1 Å². The van der Waals surface area contributed by atoms with E-state index in [1.54, 1.807) is 14.0 Å². The van der Waals surface area contributed by atoms with Gasteiger partial charge in [0.15, 0.2) is 0 Å². The van der Waals surface area contributed by atoms with E-state index in [1.165, 1.54) is 17.7 Å². The summed E-state index contributed by atoms with van der Waals surface area (Å²) in [6.45, 7) is 1.79. The summed E-state index contributed by atoms with van der Waals surface area (Å²) in [5.74, 6) is 2.91. The SMILES string of the molecule is COc1cc2nc(C)nc(NCc3cccc(C(F)F)c3F)c2cc1C1=CCSCC1. The molecular weight excluding hydrogens is 423 g/mol. The summed E-state index contributed by atoms with van der Waals surface area (Å²) in [4.78, 5) is 9.00. The first-order chi connectivity index (χ1) is 15.0. The van der Waals surface area contributed by atoms with E-state index < -0.39 is 17.8 Å². The van der Waals surface area contributed by atoms with Crippen LogP contribution in [-0.2, 0) is 6.54 Å². The Labute approximate surface area is 182 Å². The molecule has 0 fully saturated rings. The Balaban J connectivity index is 1.74. The van der Waals surface area contributed by atoms with Gasteiger partial charge in [-0.1, -0.05) is 24.3 Å². The number of aromatic nitrogens is 2. The Morgan fingerprint density at radius 1 is 1.23 bits per heavy atom. The van der Waals surface area contributed by atoms with Gasteiger partial charge in [0.1, 0.15) is 23.2 Å². The molecule has 0 amide bonds. The zero-order valence-electron chi connectivity index (χ0n) is 17.2. The highest BCUT2D eigenvalue weighted by Gasteiger charge is 2.18. The average Bonchev–Trinajstić information content (AvgIpc) is 2.77. The van der Waals surface area contributed by atoms with E-state index in [9.17, 15) is 13.2 Å². The van der Waals surface area contributed by atoms with Crippen molar-refractivity contribution in [2.45, 2.75) is 26.3 Å². The third kappa shape index (κ3) is 4.49. The number of hydrogen-bond acceptors (Lipinski definition) is 5. The number of ether oxygens (including phenoxy) is 1. The second kappa shape index (κ2) is 9.18. The van der Waals surface area contributed by atoms with Crippen molar-refractivity contribution in [1.82, 2.24) is 9.97 Å². The third-order valence-electron chi connectivity index (χ3n) is 5.23. The first kappa shape index (κ1) is 21.5. The fourth-order valence-corrected chi connectivity index (χ4v) is 4.53. The van der Waals surface area contributed by atoms with Crippen LogP contribution in [0.5, 0.6) is 5.75 Å². The summed E-state index contributed by atoms with van der Waals surface area (Å²) >= 11 is 1.88. The first-order valence-electron chi connectivity index (χ1n) is 9.90. The fraction of sp³-hybridized carbons (Fsp3) is 0.304. The molecule has 0 radical (unpaired) electrons. The predicted molar refractivity (Wildman–Crippen MR) is 119 cm³/mol. The lowest BCUT2D eigenvalue weighted by atomic mass is 9.99. The van der Waals surface area contributed by atoms with Crippen LogP contribution in [0.2, 0.25) is 0 Å². The van der Waals surface area contributed by atoms with E-state index in [4.69, 9.17) is 4.74 Å². The van der Waals surface area contributed by atoms with E-state index in [0.29, 0.717) is 17.2 Å². The minimum atomic E-state index is -2.86. The Bertz CT molecular complexity index is 1150. The van der Waals surface area contributed by atoms with Gasteiger partial charge in [0.05, 0.1) is 18.2 Å². The topological polar surface area (TPSA) is 47.0 Å². The number of anilines is 1. The number of nitrogens with zero attached hydrogens (tertiary/aromatic N) is 2. The Hall–Kier alpha value is -2.74. The molecule has 2 aromatic carbocycles. The Kier molecular flexibility index (Phi) is 6.36. The molecule has 4 rings (SSSR count). The Morgan fingerprint density at radius 3 is 2.77 bits per heavy atom. The molecule has 0 unspecified atom stereocenters. The maximum absolute atomic E-state index is 14.4. The summed E-state index contributed by atoms with van der Waals surface area (Å²) in [6, 6.07) is 7.89. The molecule has 1 aliphatic heterocycles. The van der Waals surface area contributed by atoms with Gasteiger partial charge in [0, 0.05) is 34.9 Å². The summed E-state index contributed by atoms with van der Waals surface area (Å²) in [6.07, 6.45) is 0.276. The molecule has 8 heteroatoms. The van der Waals surface area contributed by atoms with Crippen LogP contribution in [0.4, 0.5) is 19.0 Å². The smallest absolute Gasteiger partial charge is 0.266 e. The van der Waals surface area contributed by atoms with E-state index in [1.807, 2.05) is 23.9 Å². The van der Waals surface area contributed by atoms with Crippen molar-refractivity contribution in [3.63, 3.8) is 0 Å². The summed E-state index contributed by atoms with van der Waals surface area (Å²) in [5, 5.41) is 3.89. The number of halogens is 3. The fourth-order valence-electron chi connectivity index (χ4n) is 3.68. The van der Waals surface area contributed by atoms with Crippen LogP contribution in [0, 0.1) is 12.7 Å². The van der Waals surface area contributed by atoms with E-state index in [2.05, 4.69) is 21.4 Å². The number of aryl methyl sites for hydroxylation is 1. The number of nitrogens with one attached hydrogen (secondary N) is 1. The molecule has 1 aromatic heterocycles. The van der Waals surface area contributed by atoms with Crippen molar-refractivity contribution in [3.05, 3.63) is 64.7 Å². The van der Waals surface area contributed by atoms with Crippen molar-refractivity contribution in [3.8, 4) is 5.75 Å². The number of methoxy groups -OCH3 is 1. The number of rotatable bonds is 6. The van der Waals surface area contributed by atoms with Gasteiger partial charge < -0.3 is 10.1 Å². The van der Waals surface area contributed by atoms with Crippen LogP contribution in [0.15, 0.2) is 36.4 Å². The van der Waals surface area contributed by atoms with Crippen LogP contribution in [0.25, 0.3) is 16.5 Å². The maximum Gasteiger partial charge on any atom is 0.266 e. The highest BCUT2D eigenvalue weighted by atomic mass is 32.2. The quantitative estimate of drug-likeness (QED) is 0.493. The molecule has 0 aliphatic carbocycles. The highest BCUT2D eigenvalue weighted by Crippen LogP contribution is 2.36. The highest BCUT2D eigenvalue weighted by molar-refractivity contribution is 7.99. The van der Waals surface area contributed by atoms with Gasteiger partial charge in [0.25, 0.3) is 6.43 Å². The second-order valence-corrected chi connectivity index (χ2v) is 8.37. The minimum Gasteiger partial charge on any atom is -0.496 e. The number of fused-ring (bicyclic) bond motifs is 1. The molecule has 3 aromatic rings. The molecule has 31 heavy (non-hydrogen) atoms. The van der Waals surface area contributed by atoms with Crippen LogP contribution in [0.1, 0.15) is 35.4 Å². The van der Waals surface area contributed by atoms with E-state index >= 15 is 0 Å². The van der Waals surface area contributed by atoms with Gasteiger partial charge in [-0.2, -0.15) is 11.8 Å². The normalized spacial score (nSPS) is 14.1. The summed E-state index contributed by atoms with van der Waals surface area (Å²) < 4.78 is 46.1. The summed E-state index contributed by atoms with van der Waals surface area (Å²) in [5.41, 5.74) is 2.44. The predicted octanol–water partition coefficient (Wildman–Crippen LogP) is 6.16. The number of alkyl halides is 2. The maximum atomic E-state index is 14.4. The lowest BCUT2D eigenvalue weighted by molar-refractivity contribution is 0.146. The lowest BCUT2D eigenvalue weighted by Crippen LogP contribution is -2.08. The molecule has 0 saturated carbocycles. The second-order valence-electron chi connectivity index (χ2n) is 7.22. The van der Waals surface area contributed by atoms with Gasteiger partial charge >= 0.3 is 0 Å². The van der Waals surface area contributed by atoms with Crippen LogP contribution >= 0.6 is 11.8 Å². The largest absolute Gasteiger partial charge is 0.496 e. The Morgan fingerprint density at radius 2 is 2.06 bits per heavy atom. The molecule has 0 saturated heterocycles. The number of hydrogen-bond donors (Lipinski definition) is 1. The number of thioether (sulfide) groups is 1. The third-order valence-corrected chi connectivity index (χ3v) is 6.12.